The third kappa shape index (κ3) is 4.00. The fraction of sp³-hybridized carbons (Fsp3) is 0.857. The van der Waals surface area contributed by atoms with Crippen LogP contribution in [0.15, 0.2) is 0 Å². The molecule has 2 amide bonds. The van der Waals surface area contributed by atoms with Gasteiger partial charge in [-0.15, -0.1) is 0 Å². The standard InChI is InChI=1S/C14H26N2O2/c1-10(2)12(15-13(17)11(3)4)14(18)16-8-6-5-7-9-16/h10-12H,5-9H2,1-4H3,(H,15,17)/t12-/m0/s1. The molecule has 0 radical (unpaired) electrons. The van der Waals surface area contributed by atoms with Crippen LogP contribution in [-0.2, 0) is 9.59 Å². The van der Waals surface area contributed by atoms with Crippen molar-refractivity contribution in [2.24, 2.45) is 11.8 Å². The number of carbonyl (C=O) groups excluding carboxylic acids is 2. The Balaban J connectivity index is 2.65. The van der Waals surface area contributed by atoms with Gasteiger partial charge >= 0.3 is 0 Å². The summed E-state index contributed by atoms with van der Waals surface area (Å²) in [5, 5.41) is 2.88. The quantitative estimate of drug-likeness (QED) is 0.831. The van der Waals surface area contributed by atoms with E-state index in [4.69, 9.17) is 0 Å². The number of likely N-dealkylation sites (tertiary alicyclic amines) is 1. The molecule has 1 heterocycles. The molecule has 0 bridgehead atoms. The average molecular weight is 254 g/mol. The Bertz CT molecular complexity index is 294. The van der Waals surface area contributed by atoms with Gasteiger partial charge in [-0.2, -0.15) is 0 Å². The molecule has 0 unspecified atom stereocenters. The lowest BCUT2D eigenvalue weighted by Crippen LogP contribution is -2.53. The number of amides is 2. The Morgan fingerprint density at radius 2 is 1.56 bits per heavy atom. The fourth-order valence-electron chi connectivity index (χ4n) is 2.14. The van der Waals surface area contributed by atoms with Crippen LogP contribution in [0.1, 0.15) is 47.0 Å². The lowest BCUT2D eigenvalue weighted by Gasteiger charge is -2.32. The Labute approximate surface area is 110 Å². The minimum Gasteiger partial charge on any atom is -0.344 e. The zero-order chi connectivity index (χ0) is 13.7. The molecule has 0 aromatic carbocycles. The van der Waals surface area contributed by atoms with Gasteiger partial charge < -0.3 is 10.2 Å². The van der Waals surface area contributed by atoms with Gasteiger partial charge in [0.2, 0.25) is 11.8 Å². The molecule has 0 aromatic rings. The molecular weight excluding hydrogens is 228 g/mol. The lowest BCUT2D eigenvalue weighted by molar-refractivity contribution is -0.139. The number of piperidine rings is 1. The zero-order valence-corrected chi connectivity index (χ0v) is 12.0. The van der Waals surface area contributed by atoms with Crippen LogP contribution < -0.4 is 5.32 Å². The first-order valence-electron chi connectivity index (χ1n) is 7.02. The van der Waals surface area contributed by atoms with Crippen LogP contribution in [0.5, 0.6) is 0 Å². The van der Waals surface area contributed by atoms with Crippen LogP contribution in [0.4, 0.5) is 0 Å². The minimum atomic E-state index is -0.377. The summed E-state index contributed by atoms with van der Waals surface area (Å²) >= 11 is 0. The molecule has 1 atom stereocenters. The van der Waals surface area contributed by atoms with Gasteiger partial charge in [-0.05, 0) is 25.2 Å². The van der Waals surface area contributed by atoms with Crippen molar-refractivity contribution < 1.29 is 9.59 Å². The van der Waals surface area contributed by atoms with Crippen LogP contribution in [-0.4, -0.2) is 35.8 Å². The van der Waals surface area contributed by atoms with Crippen LogP contribution in [0.3, 0.4) is 0 Å². The Kier molecular flexibility index (Phi) is 5.63. The highest BCUT2D eigenvalue weighted by molar-refractivity contribution is 5.88. The molecule has 4 nitrogen and oxygen atoms in total. The highest BCUT2D eigenvalue weighted by Crippen LogP contribution is 2.13. The van der Waals surface area contributed by atoms with Crippen molar-refractivity contribution in [3.63, 3.8) is 0 Å². The second-order valence-electron chi connectivity index (χ2n) is 5.77. The molecule has 0 aliphatic carbocycles. The van der Waals surface area contributed by atoms with Gasteiger partial charge in [-0.3, -0.25) is 9.59 Å². The molecule has 1 N–H and O–H groups in total. The number of hydrogen-bond donors (Lipinski definition) is 1. The first-order chi connectivity index (χ1) is 8.43. The normalized spacial score (nSPS) is 18.0. The van der Waals surface area contributed by atoms with E-state index in [-0.39, 0.29) is 29.7 Å². The summed E-state index contributed by atoms with van der Waals surface area (Å²) in [6.45, 7) is 9.32. The maximum atomic E-state index is 12.4. The summed E-state index contributed by atoms with van der Waals surface area (Å²) in [7, 11) is 0. The van der Waals surface area contributed by atoms with Crippen molar-refractivity contribution in [3.05, 3.63) is 0 Å². The first-order valence-corrected chi connectivity index (χ1v) is 7.02. The second kappa shape index (κ2) is 6.76. The van der Waals surface area contributed by atoms with Gasteiger partial charge in [0.15, 0.2) is 0 Å². The van der Waals surface area contributed by atoms with Crippen molar-refractivity contribution in [2.45, 2.75) is 53.0 Å². The fourth-order valence-corrected chi connectivity index (χ4v) is 2.14. The summed E-state index contributed by atoms with van der Waals surface area (Å²) in [4.78, 5) is 26.1. The van der Waals surface area contributed by atoms with E-state index in [0.29, 0.717) is 0 Å². The van der Waals surface area contributed by atoms with Crippen LogP contribution in [0.2, 0.25) is 0 Å². The van der Waals surface area contributed by atoms with Crippen molar-refractivity contribution in [1.82, 2.24) is 10.2 Å². The highest BCUT2D eigenvalue weighted by atomic mass is 16.2. The molecule has 1 fully saturated rings. The zero-order valence-electron chi connectivity index (χ0n) is 12.0. The van der Waals surface area contributed by atoms with Crippen molar-refractivity contribution in [1.29, 1.82) is 0 Å². The monoisotopic (exact) mass is 254 g/mol. The number of nitrogens with zero attached hydrogens (tertiary/aromatic N) is 1. The van der Waals surface area contributed by atoms with Gasteiger partial charge in [0, 0.05) is 19.0 Å². The van der Waals surface area contributed by atoms with E-state index in [1.54, 1.807) is 0 Å². The molecule has 104 valence electrons. The number of hydrogen-bond acceptors (Lipinski definition) is 2. The summed E-state index contributed by atoms with van der Waals surface area (Å²) in [6.07, 6.45) is 3.36. The molecule has 0 aromatic heterocycles. The topological polar surface area (TPSA) is 49.4 Å². The van der Waals surface area contributed by atoms with Crippen molar-refractivity contribution >= 4 is 11.8 Å². The van der Waals surface area contributed by atoms with Crippen molar-refractivity contribution in [2.75, 3.05) is 13.1 Å². The van der Waals surface area contributed by atoms with E-state index in [0.717, 1.165) is 25.9 Å². The van der Waals surface area contributed by atoms with Crippen LogP contribution >= 0.6 is 0 Å². The second-order valence-corrected chi connectivity index (χ2v) is 5.77. The van der Waals surface area contributed by atoms with E-state index in [9.17, 15) is 9.59 Å². The Hall–Kier alpha value is -1.06. The third-order valence-corrected chi connectivity index (χ3v) is 3.42. The number of rotatable bonds is 4. The van der Waals surface area contributed by atoms with Gasteiger partial charge in [-0.25, -0.2) is 0 Å². The van der Waals surface area contributed by atoms with Gasteiger partial charge in [0.25, 0.3) is 0 Å². The predicted molar refractivity (Wildman–Crippen MR) is 72.0 cm³/mol. The maximum absolute atomic E-state index is 12.4. The summed E-state index contributed by atoms with van der Waals surface area (Å²) < 4.78 is 0. The SMILES string of the molecule is CC(C)C(=O)N[C@H](C(=O)N1CCCCC1)C(C)C. The molecule has 18 heavy (non-hydrogen) atoms. The van der Waals surface area contributed by atoms with E-state index in [1.165, 1.54) is 6.42 Å². The molecule has 0 saturated carbocycles. The summed E-state index contributed by atoms with van der Waals surface area (Å²) in [5.41, 5.74) is 0. The Morgan fingerprint density at radius 3 is 2.00 bits per heavy atom. The summed E-state index contributed by atoms with van der Waals surface area (Å²) in [5.74, 6) is 0.0836. The van der Waals surface area contributed by atoms with E-state index < -0.39 is 0 Å². The Morgan fingerprint density at radius 1 is 1.00 bits per heavy atom. The highest BCUT2D eigenvalue weighted by Gasteiger charge is 2.29. The molecule has 0 spiro atoms. The lowest BCUT2D eigenvalue weighted by atomic mass is 10.00. The maximum Gasteiger partial charge on any atom is 0.245 e. The molecule has 4 heteroatoms. The van der Waals surface area contributed by atoms with Crippen LogP contribution in [0, 0.1) is 11.8 Å². The smallest absolute Gasteiger partial charge is 0.245 e. The van der Waals surface area contributed by atoms with E-state index in [2.05, 4.69) is 5.32 Å². The minimum absolute atomic E-state index is 0.0425. The molecule has 1 aliphatic heterocycles. The van der Waals surface area contributed by atoms with Gasteiger partial charge in [0.1, 0.15) is 6.04 Å². The van der Waals surface area contributed by atoms with E-state index in [1.807, 2.05) is 32.6 Å². The molecule has 1 aliphatic rings. The molecule has 1 saturated heterocycles. The molecule has 1 rings (SSSR count). The molecular formula is C14H26N2O2. The average Bonchev–Trinajstić information content (AvgIpc) is 2.35. The first kappa shape index (κ1) is 15.0. The van der Waals surface area contributed by atoms with Crippen molar-refractivity contribution in [3.8, 4) is 0 Å². The van der Waals surface area contributed by atoms with Gasteiger partial charge in [0.05, 0.1) is 0 Å². The predicted octanol–water partition coefficient (Wildman–Crippen LogP) is 1.80. The van der Waals surface area contributed by atoms with Crippen LogP contribution in [0.25, 0.3) is 0 Å². The largest absolute Gasteiger partial charge is 0.344 e. The third-order valence-electron chi connectivity index (χ3n) is 3.42. The van der Waals surface area contributed by atoms with Gasteiger partial charge in [-0.1, -0.05) is 27.7 Å². The summed E-state index contributed by atoms with van der Waals surface area (Å²) in [6, 6.07) is -0.377. The van der Waals surface area contributed by atoms with E-state index >= 15 is 0 Å². The number of carbonyl (C=O) groups is 2. The number of nitrogens with one attached hydrogen (secondary N) is 1.